The van der Waals surface area contributed by atoms with Gasteiger partial charge in [0.1, 0.15) is 0 Å². The van der Waals surface area contributed by atoms with Gasteiger partial charge in [-0.2, -0.15) is 0 Å². The van der Waals surface area contributed by atoms with Crippen molar-refractivity contribution < 1.29 is 0 Å². The zero-order chi connectivity index (χ0) is 22.2. The maximum absolute atomic E-state index is 5.06. The second kappa shape index (κ2) is 8.19. The Kier molecular flexibility index (Phi) is 4.89. The Morgan fingerprint density at radius 2 is 1.27 bits per heavy atom. The van der Waals surface area contributed by atoms with Gasteiger partial charge >= 0.3 is 0 Å². The number of benzene rings is 2. The Hall–Kier alpha value is -3.96. The van der Waals surface area contributed by atoms with Crippen LogP contribution in [0.2, 0.25) is 0 Å². The fourth-order valence-electron chi connectivity index (χ4n) is 4.07. The van der Waals surface area contributed by atoms with Crippen LogP contribution in [0, 0.1) is 0 Å². The Bertz CT molecular complexity index is 1620. The van der Waals surface area contributed by atoms with Gasteiger partial charge in [-0.25, -0.2) is 9.97 Å². The molecule has 0 unspecified atom stereocenters. The van der Waals surface area contributed by atoms with E-state index in [4.69, 9.17) is 9.97 Å². The van der Waals surface area contributed by atoms with Crippen molar-refractivity contribution >= 4 is 37.7 Å². The molecule has 4 heterocycles. The van der Waals surface area contributed by atoms with Crippen molar-refractivity contribution in [3.8, 4) is 33.9 Å². The molecule has 0 bridgehead atoms. The van der Waals surface area contributed by atoms with Gasteiger partial charge in [-0.3, -0.25) is 9.97 Å². The van der Waals surface area contributed by atoms with Gasteiger partial charge in [-0.15, -0.1) is 0 Å². The first kappa shape index (κ1) is 19.7. The predicted octanol–water partition coefficient (Wildman–Crippen LogP) is 7.34. The van der Waals surface area contributed by atoms with Crippen LogP contribution < -0.4 is 0 Å². The van der Waals surface area contributed by atoms with E-state index in [2.05, 4.69) is 62.3 Å². The van der Waals surface area contributed by atoms with Crippen molar-refractivity contribution in [1.82, 2.24) is 19.9 Å². The van der Waals surface area contributed by atoms with E-state index in [-0.39, 0.29) is 0 Å². The molecule has 6 rings (SSSR count). The molecule has 4 nitrogen and oxygen atoms in total. The van der Waals surface area contributed by atoms with E-state index in [9.17, 15) is 0 Å². The highest BCUT2D eigenvalue weighted by Crippen LogP contribution is 2.36. The molecule has 6 aromatic rings. The van der Waals surface area contributed by atoms with Gasteiger partial charge in [0.15, 0.2) is 0 Å². The Labute approximate surface area is 199 Å². The third-order valence-electron chi connectivity index (χ3n) is 5.63. The molecule has 0 spiro atoms. The maximum atomic E-state index is 5.06. The number of aromatic nitrogens is 4. The lowest BCUT2D eigenvalue weighted by Crippen LogP contribution is -1.95. The second-order valence-corrected chi connectivity index (χ2v) is 8.64. The second-order valence-electron chi connectivity index (χ2n) is 7.73. The smallest absolute Gasteiger partial charge is 0.0979 e. The number of rotatable bonds is 3. The quantitative estimate of drug-likeness (QED) is 0.244. The molecule has 2 aromatic carbocycles. The number of hydrogen-bond donors (Lipinski definition) is 0. The summed E-state index contributed by atoms with van der Waals surface area (Å²) in [5, 5.41) is 2.08. The highest BCUT2D eigenvalue weighted by molar-refractivity contribution is 9.10. The summed E-state index contributed by atoms with van der Waals surface area (Å²) in [4.78, 5) is 19.1. The summed E-state index contributed by atoms with van der Waals surface area (Å²) >= 11 is 3.61. The minimum absolute atomic E-state index is 0.815. The topological polar surface area (TPSA) is 51.6 Å². The Morgan fingerprint density at radius 1 is 0.545 bits per heavy atom. The van der Waals surface area contributed by atoms with Crippen molar-refractivity contribution in [1.29, 1.82) is 0 Å². The van der Waals surface area contributed by atoms with Crippen LogP contribution in [-0.2, 0) is 0 Å². The first-order chi connectivity index (χ1) is 16.3. The molecule has 0 N–H and O–H groups in total. The average Bonchev–Trinajstić information content (AvgIpc) is 2.88. The van der Waals surface area contributed by atoms with Gasteiger partial charge < -0.3 is 0 Å². The minimum atomic E-state index is 0.815. The van der Waals surface area contributed by atoms with E-state index in [1.807, 2.05) is 54.6 Å². The molecule has 4 aromatic heterocycles. The third kappa shape index (κ3) is 3.66. The summed E-state index contributed by atoms with van der Waals surface area (Å²) in [6.07, 6.45) is 3.58. The van der Waals surface area contributed by atoms with Crippen LogP contribution in [0.1, 0.15) is 0 Å². The van der Waals surface area contributed by atoms with Crippen LogP contribution in [0.15, 0.2) is 108 Å². The van der Waals surface area contributed by atoms with Gasteiger partial charge in [0.25, 0.3) is 0 Å². The summed E-state index contributed by atoms with van der Waals surface area (Å²) in [6, 6.07) is 30.5. The maximum Gasteiger partial charge on any atom is 0.0979 e. The number of halogens is 1. The van der Waals surface area contributed by atoms with E-state index in [0.717, 1.165) is 60.2 Å². The van der Waals surface area contributed by atoms with Crippen molar-refractivity contribution in [2.75, 3.05) is 0 Å². The van der Waals surface area contributed by atoms with Crippen LogP contribution in [-0.4, -0.2) is 19.9 Å². The van der Waals surface area contributed by atoms with Gasteiger partial charge in [-0.05, 0) is 59.7 Å². The third-order valence-corrected chi connectivity index (χ3v) is 6.12. The van der Waals surface area contributed by atoms with Crippen LogP contribution >= 0.6 is 15.9 Å². The largest absolute Gasteiger partial charge is 0.255 e. The number of fused-ring (bicyclic) bond motifs is 3. The minimum Gasteiger partial charge on any atom is -0.255 e. The average molecular weight is 489 g/mol. The molecule has 0 aliphatic rings. The lowest BCUT2D eigenvalue weighted by Gasteiger charge is -2.12. The van der Waals surface area contributed by atoms with E-state index in [1.165, 1.54) is 0 Å². The summed E-state index contributed by atoms with van der Waals surface area (Å²) in [5.41, 5.74) is 7.20. The highest BCUT2D eigenvalue weighted by Gasteiger charge is 2.14. The van der Waals surface area contributed by atoms with Crippen LogP contribution in [0.4, 0.5) is 0 Å². The molecule has 33 heavy (non-hydrogen) atoms. The molecule has 156 valence electrons. The van der Waals surface area contributed by atoms with E-state index in [1.54, 1.807) is 12.4 Å². The molecule has 0 saturated heterocycles. The van der Waals surface area contributed by atoms with E-state index >= 15 is 0 Å². The molecule has 0 fully saturated rings. The monoisotopic (exact) mass is 488 g/mol. The highest BCUT2D eigenvalue weighted by atomic mass is 79.9. The molecule has 0 atom stereocenters. The fraction of sp³-hybridized carbons (Fsp3) is 0. The standard InChI is InChI=1S/C28H17BrN4/c29-20-7-5-6-19(16-20)22-17-26(24-9-2-4-15-31-24)33-28-21(22)12-10-18-11-13-25(32-27(18)28)23-8-1-3-14-30-23/h1-17H. The lowest BCUT2D eigenvalue weighted by atomic mass is 9.98. The first-order valence-corrected chi connectivity index (χ1v) is 11.4. The zero-order valence-corrected chi connectivity index (χ0v) is 19.1. The van der Waals surface area contributed by atoms with Crippen molar-refractivity contribution in [3.05, 3.63) is 108 Å². The van der Waals surface area contributed by atoms with Crippen molar-refractivity contribution in [3.63, 3.8) is 0 Å². The normalized spacial score (nSPS) is 11.2. The van der Waals surface area contributed by atoms with Crippen LogP contribution in [0.25, 0.3) is 55.7 Å². The lowest BCUT2D eigenvalue weighted by molar-refractivity contribution is 1.26. The van der Waals surface area contributed by atoms with Crippen molar-refractivity contribution in [2.24, 2.45) is 0 Å². The molecule has 0 saturated carbocycles. The van der Waals surface area contributed by atoms with E-state index in [0.29, 0.717) is 0 Å². The molecule has 0 aliphatic carbocycles. The Morgan fingerprint density at radius 3 is 2.00 bits per heavy atom. The summed E-state index contributed by atoms with van der Waals surface area (Å²) < 4.78 is 1.03. The molecular weight excluding hydrogens is 472 g/mol. The summed E-state index contributed by atoms with van der Waals surface area (Å²) in [6.45, 7) is 0. The van der Waals surface area contributed by atoms with Crippen molar-refractivity contribution in [2.45, 2.75) is 0 Å². The Balaban J connectivity index is 1.69. The number of nitrogens with zero attached hydrogens (tertiary/aromatic N) is 4. The molecular formula is C28H17BrN4. The first-order valence-electron chi connectivity index (χ1n) is 10.6. The van der Waals surface area contributed by atoms with Crippen LogP contribution in [0.5, 0.6) is 0 Å². The fourth-order valence-corrected chi connectivity index (χ4v) is 4.47. The van der Waals surface area contributed by atoms with Gasteiger partial charge in [-0.1, -0.05) is 58.4 Å². The molecule has 0 radical (unpaired) electrons. The number of pyridine rings is 4. The van der Waals surface area contributed by atoms with Gasteiger partial charge in [0.2, 0.25) is 0 Å². The van der Waals surface area contributed by atoms with Gasteiger partial charge in [0.05, 0.1) is 33.8 Å². The molecule has 5 heteroatoms. The van der Waals surface area contributed by atoms with E-state index < -0.39 is 0 Å². The predicted molar refractivity (Wildman–Crippen MR) is 137 cm³/mol. The SMILES string of the molecule is Brc1cccc(-c2cc(-c3ccccn3)nc3c2ccc2ccc(-c4ccccn4)nc23)c1. The zero-order valence-electron chi connectivity index (χ0n) is 17.5. The number of hydrogen-bond acceptors (Lipinski definition) is 4. The summed E-state index contributed by atoms with van der Waals surface area (Å²) in [5.74, 6) is 0. The van der Waals surface area contributed by atoms with Gasteiger partial charge in [0, 0.05) is 27.6 Å². The molecule has 0 aliphatic heterocycles. The molecule has 0 amide bonds. The van der Waals surface area contributed by atoms with Crippen LogP contribution in [0.3, 0.4) is 0 Å². The summed E-state index contributed by atoms with van der Waals surface area (Å²) in [7, 11) is 0.